The SMILES string of the molecule is OCc1cnn(C2CCCCCC2)c1C1CC1. The van der Waals surface area contributed by atoms with Crippen LogP contribution in [0, 0.1) is 0 Å². The third kappa shape index (κ3) is 2.25. The Morgan fingerprint density at radius 2 is 1.82 bits per heavy atom. The van der Waals surface area contributed by atoms with E-state index in [-0.39, 0.29) is 6.61 Å². The van der Waals surface area contributed by atoms with Crippen LogP contribution in [-0.4, -0.2) is 14.9 Å². The van der Waals surface area contributed by atoms with Crippen molar-refractivity contribution in [1.82, 2.24) is 9.78 Å². The van der Waals surface area contributed by atoms with Gasteiger partial charge in [0, 0.05) is 17.2 Å². The molecule has 0 aliphatic heterocycles. The summed E-state index contributed by atoms with van der Waals surface area (Å²) in [5.74, 6) is 0.683. The van der Waals surface area contributed by atoms with E-state index in [0.717, 1.165) is 5.56 Å². The zero-order chi connectivity index (χ0) is 11.7. The van der Waals surface area contributed by atoms with Crippen LogP contribution in [0.15, 0.2) is 6.20 Å². The van der Waals surface area contributed by atoms with Gasteiger partial charge in [-0.1, -0.05) is 25.7 Å². The second-order valence-electron chi connectivity index (χ2n) is 5.58. The lowest BCUT2D eigenvalue weighted by atomic mass is 10.1. The first-order valence-electron chi connectivity index (χ1n) is 7.07. The summed E-state index contributed by atoms with van der Waals surface area (Å²) < 4.78 is 2.26. The molecule has 0 spiro atoms. The Hall–Kier alpha value is -0.830. The summed E-state index contributed by atoms with van der Waals surface area (Å²) in [6.07, 6.45) is 12.4. The van der Waals surface area contributed by atoms with E-state index in [2.05, 4.69) is 9.78 Å². The fourth-order valence-corrected chi connectivity index (χ4v) is 3.13. The van der Waals surface area contributed by atoms with Crippen molar-refractivity contribution in [3.63, 3.8) is 0 Å². The number of rotatable bonds is 3. The van der Waals surface area contributed by atoms with Gasteiger partial charge in [0.15, 0.2) is 0 Å². The second-order valence-corrected chi connectivity index (χ2v) is 5.58. The molecule has 2 aliphatic carbocycles. The van der Waals surface area contributed by atoms with Crippen LogP contribution in [0.4, 0.5) is 0 Å². The van der Waals surface area contributed by atoms with Gasteiger partial charge in [-0.15, -0.1) is 0 Å². The maximum atomic E-state index is 9.41. The second kappa shape index (κ2) is 4.81. The summed E-state index contributed by atoms with van der Waals surface area (Å²) in [5.41, 5.74) is 2.41. The quantitative estimate of drug-likeness (QED) is 0.816. The lowest BCUT2D eigenvalue weighted by molar-refractivity contribution is 0.279. The molecule has 94 valence electrons. The highest BCUT2D eigenvalue weighted by Gasteiger charge is 2.32. The first kappa shape index (κ1) is 11.3. The number of aliphatic hydroxyl groups excluding tert-OH is 1. The summed E-state index contributed by atoms with van der Waals surface area (Å²) in [5, 5.41) is 14.0. The normalized spacial score (nSPS) is 22.6. The van der Waals surface area contributed by atoms with Crippen LogP contribution in [0.3, 0.4) is 0 Å². The van der Waals surface area contributed by atoms with E-state index in [1.807, 2.05) is 6.20 Å². The number of aromatic nitrogens is 2. The average molecular weight is 234 g/mol. The fraction of sp³-hybridized carbons (Fsp3) is 0.786. The third-order valence-corrected chi connectivity index (χ3v) is 4.22. The molecule has 17 heavy (non-hydrogen) atoms. The van der Waals surface area contributed by atoms with Crippen molar-refractivity contribution in [2.75, 3.05) is 0 Å². The minimum absolute atomic E-state index is 0.151. The molecule has 3 heteroatoms. The summed E-state index contributed by atoms with van der Waals surface area (Å²) in [6.45, 7) is 0.151. The van der Waals surface area contributed by atoms with Gasteiger partial charge >= 0.3 is 0 Å². The number of hydrogen-bond acceptors (Lipinski definition) is 2. The van der Waals surface area contributed by atoms with Crippen LogP contribution in [0.25, 0.3) is 0 Å². The van der Waals surface area contributed by atoms with Crippen LogP contribution in [-0.2, 0) is 6.61 Å². The molecule has 0 atom stereocenters. The van der Waals surface area contributed by atoms with E-state index in [0.29, 0.717) is 12.0 Å². The molecule has 0 aromatic carbocycles. The molecule has 3 rings (SSSR count). The fourth-order valence-electron chi connectivity index (χ4n) is 3.13. The summed E-state index contributed by atoms with van der Waals surface area (Å²) in [7, 11) is 0. The molecule has 0 bridgehead atoms. The standard InChI is InChI=1S/C14H22N2O/c17-10-12-9-15-16(14(12)11-7-8-11)13-5-3-1-2-4-6-13/h9,11,13,17H,1-8,10H2. The van der Waals surface area contributed by atoms with Gasteiger partial charge in [0.25, 0.3) is 0 Å². The van der Waals surface area contributed by atoms with Crippen molar-refractivity contribution < 1.29 is 5.11 Å². The Balaban J connectivity index is 1.87. The van der Waals surface area contributed by atoms with E-state index in [4.69, 9.17) is 0 Å². The Labute approximate surface area is 103 Å². The molecule has 2 saturated carbocycles. The maximum Gasteiger partial charge on any atom is 0.0715 e. The largest absolute Gasteiger partial charge is 0.392 e. The van der Waals surface area contributed by atoms with Gasteiger partial charge in [-0.3, -0.25) is 4.68 Å². The predicted molar refractivity (Wildman–Crippen MR) is 66.9 cm³/mol. The Bertz CT molecular complexity index is 374. The number of hydrogen-bond donors (Lipinski definition) is 1. The predicted octanol–water partition coefficient (Wildman–Crippen LogP) is 3.15. The smallest absolute Gasteiger partial charge is 0.0715 e. The summed E-state index contributed by atoms with van der Waals surface area (Å²) >= 11 is 0. The molecular weight excluding hydrogens is 212 g/mol. The Morgan fingerprint density at radius 3 is 2.41 bits per heavy atom. The zero-order valence-electron chi connectivity index (χ0n) is 10.4. The first-order valence-corrected chi connectivity index (χ1v) is 7.07. The molecule has 3 nitrogen and oxygen atoms in total. The third-order valence-electron chi connectivity index (χ3n) is 4.22. The van der Waals surface area contributed by atoms with Crippen LogP contribution in [0.2, 0.25) is 0 Å². The maximum absolute atomic E-state index is 9.41. The van der Waals surface area contributed by atoms with Crippen LogP contribution in [0.1, 0.15) is 74.6 Å². The van der Waals surface area contributed by atoms with Gasteiger partial charge in [-0.05, 0) is 25.7 Å². The minimum atomic E-state index is 0.151. The topological polar surface area (TPSA) is 38.1 Å². The first-order chi connectivity index (χ1) is 8.40. The van der Waals surface area contributed by atoms with Gasteiger partial charge in [-0.25, -0.2) is 0 Å². The summed E-state index contributed by atoms with van der Waals surface area (Å²) in [4.78, 5) is 0. The minimum Gasteiger partial charge on any atom is -0.392 e. The van der Waals surface area contributed by atoms with Gasteiger partial charge in [0.1, 0.15) is 0 Å². The van der Waals surface area contributed by atoms with Crippen molar-refractivity contribution in [1.29, 1.82) is 0 Å². The summed E-state index contributed by atoms with van der Waals surface area (Å²) in [6, 6.07) is 0.591. The Kier molecular flexibility index (Phi) is 3.19. The van der Waals surface area contributed by atoms with Crippen molar-refractivity contribution in [3.8, 4) is 0 Å². The van der Waals surface area contributed by atoms with Crippen molar-refractivity contribution in [2.24, 2.45) is 0 Å². The molecular formula is C14H22N2O. The Morgan fingerprint density at radius 1 is 1.12 bits per heavy atom. The van der Waals surface area contributed by atoms with E-state index in [9.17, 15) is 5.11 Å². The molecule has 0 saturated heterocycles. The van der Waals surface area contributed by atoms with Crippen LogP contribution in [0.5, 0.6) is 0 Å². The molecule has 2 aliphatic rings. The van der Waals surface area contributed by atoms with E-state index in [1.165, 1.54) is 57.1 Å². The van der Waals surface area contributed by atoms with Gasteiger partial charge in [0.2, 0.25) is 0 Å². The molecule has 2 fully saturated rings. The molecule has 1 aromatic heterocycles. The molecule has 1 aromatic rings. The molecule has 1 heterocycles. The van der Waals surface area contributed by atoms with E-state index < -0.39 is 0 Å². The van der Waals surface area contributed by atoms with Crippen molar-refractivity contribution in [2.45, 2.75) is 69.9 Å². The highest BCUT2D eigenvalue weighted by Crippen LogP contribution is 2.43. The average Bonchev–Trinajstić information content (AvgIpc) is 3.14. The van der Waals surface area contributed by atoms with Crippen LogP contribution >= 0.6 is 0 Å². The highest BCUT2D eigenvalue weighted by atomic mass is 16.3. The van der Waals surface area contributed by atoms with E-state index >= 15 is 0 Å². The lowest BCUT2D eigenvalue weighted by Crippen LogP contribution is -2.13. The molecule has 0 unspecified atom stereocenters. The van der Waals surface area contributed by atoms with Gasteiger partial charge in [-0.2, -0.15) is 5.10 Å². The van der Waals surface area contributed by atoms with Crippen LogP contribution < -0.4 is 0 Å². The number of aliphatic hydroxyl groups is 1. The monoisotopic (exact) mass is 234 g/mol. The van der Waals surface area contributed by atoms with Gasteiger partial charge in [0.05, 0.1) is 18.8 Å². The van der Waals surface area contributed by atoms with Gasteiger partial charge < -0.3 is 5.11 Å². The van der Waals surface area contributed by atoms with E-state index in [1.54, 1.807) is 0 Å². The molecule has 0 amide bonds. The number of nitrogens with zero attached hydrogens (tertiary/aromatic N) is 2. The zero-order valence-corrected chi connectivity index (χ0v) is 10.4. The molecule has 1 N–H and O–H groups in total. The van der Waals surface area contributed by atoms with Crippen molar-refractivity contribution in [3.05, 3.63) is 17.5 Å². The molecule has 0 radical (unpaired) electrons. The highest BCUT2D eigenvalue weighted by molar-refractivity contribution is 5.25. The lowest BCUT2D eigenvalue weighted by Gasteiger charge is -2.18. The van der Waals surface area contributed by atoms with Crippen molar-refractivity contribution >= 4 is 0 Å².